The third kappa shape index (κ3) is 4.74. The fourth-order valence-electron chi connectivity index (χ4n) is 2.05. The summed E-state index contributed by atoms with van der Waals surface area (Å²) in [6.45, 7) is 6.97. The largest absolute Gasteiger partial charge is 0.492 e. The molecule has 0 N–H and O–H groups in total. The lowest BCUT2D eigenvalue weighted by Gasteiger charge is -2.19. The summed E-state index contributed by atoms with van der Waals surface area (Å²) in [4.78, 5) is 0. The van der Waals surface area contributed by atoms with Gasteiger partial charge in [-0.25, -0.2) is 0 Å². The zero-order chi connectivity index (χ0) is 14.3. The second-order valence-corrected chi connectivity index (χ2v) is 5.41. The van der Waals surface area contributed by atoms with E-state index < -0.39 is 0 Å². The Bertz CT molecular complexity index is 427. The Labute approximate surface area is 126 Å². The molecule has 0 aliphatic rings. The van der Waals surface area contributed by atoms with Crippen LogP contribution < -0.4 is 4.74 Å². The van der Waals surface area contributed by atoms with Crippen molar-refractivity contribution in [3.63, 3.8) is 0 Å². The van der Waals surface area contributed by atoms with Gasteiger partial charge in [0.05, 0.1) is 11.6 Å². The maximum Gasteiger partial charge on any atom is 0.141 e. The van der Waals surface area contributed by atoms with Gasteiger partial charge in [0.1, 0.15) is 5.75 Å². The molecule has 0 aromatic heterocycles. The summed E-state index contributed by atoms with van der Waals surface area (Å²) in [6.07, 6.45) is 7.22. The van der Waals surface area contributed by atoms with Crippen LogP contribution in [0.5, 0.6) is 5.75 Å². The van der Waals surface area contributed by atoms with Crippen LogP contribution in [0.2, 0.25) is 10.0 Å². The van der Waals surface area contributed by atoms with E-state index in [2.05, 4.69) is 26.0 Å². The van der Waals surface area contributed by atoms with Crippen molar-refractivity contribution in [2.24, 2.45) is 0 Å². The molecule has 19 heavy (non-hydrogen) atoms. The number of allylic oxidation sites excluding steroid dienone is 2. The van der Waals surface area contributed by atoms with Gasteiger partial charge in [0.2, 0.25) is 0 Å². The van der Waals surface area contributed by atoms with E-state index in [9.17, 15) is 0 Å². The van der Waals surface area contributed by atoms with Crippen molar-refractivity contribution in [1.29, 1.82) is 0 Å². The van der Waals surface area contributed by atoms with E-state index >= 15 is 0 Å². The van der Waals surface area contributed by atoms with Crippen molar-refractivity contribution in [1.82, 2.24) is 0 Å². The number of hydrogen-bond donors (Lipinski definition) is 0. The van der Waals surface area contributed by atoms with Crippen LogP contribution >= 0.6 is 23.2 Å². The number of ether oxygens (including phenoxy) is 1. The van der Waals surface area contributed by atoms with Gasteiger partial charge in [-0.1, -0.05) is 49.2 Å². The smallest absolute Gasteiger partial charge is 0.141 e. The Hall–Kier alpha value is -0.660. The Morgan fingerprint density at radius 3 is 2.58 bits per heavy atom. The highest BCUT2D eigenvalue weighted by Crippen LogP contribution is 2.39. The van der Waals surface area contributed by atoms with Crippen molar-refractivity contribution in [3.8, 4) is 5.75 Å². The van der Waals surface area contributed by atoms with Gasteiger partial charge in [-0.2, -0.15) is 0 Å². The van der Waals surface area contributed by atoms with Gasteiger partial charge in [0.15, 0.2) is 0 Å². The van der Waals surface area contributed by atoms with Gasteiger partial charge in [-0.05, 0) is 44.2 Å². The molecule has 1 nitrogen and oxygen atoms in total. The van der Waals surface area contributed by atoms with Crippen LogP contribution in [0, 0.1) is 0 Å². The van der Waals surface area contributed by atoms with Crippen LogP contribution in [-0.2, 0) is 0 Å². The zero-order valence-corrected chi connectivity index (χ0v) is 13.4. The minimum atomic E-state index is 0.388. The Morgan fingerprint density at radius 2 is 2.00 bits per heavy atom. The van der Waals surface area contributed by atoms with Gasteiger partial charge >= 0.3 is 0 Å². The summed E-state index contributed by atoms with van der Waals surface area (Å²) in [5.74, 6) is 1.18. The molecule has 0 spiro atoms. The second-order valence-electron chi connectivity index (χ2n) is 4.56. The molecule has 0 heterocycles. The lowest BCUT2D eigenvalue weighted by atomic mass is 9.92. The van der Waals surface area contributed by atoms with E-state index in [1.807, 2.05) is 13.0 Å². The molecule has 106 valence electrons. The van der Waals surface area contributed by atoms with E-state index in [1.165, 1.54) is 0 Å². The zero-order valence-electron chi connectivity index (χ0n) is 11.9. The summed E-state index contributed by atoms with van der Waals surface area (Å²) < 4.78 is 5.82. The molecule has 1 atom stereocenters. The maximum absolute atomic E-state index is 6.28. The summed E-state index contributed by atoms with van der Waals surface area (Å²) in [5.41, 5.74) is 1.12. The molecule has 0 bridgehead atoms. The third-order valence-electron chi connectivity index (χ3n) is 3.08. The van der Waals surface area contributed by atoms with Crippen LogP contribution in [-0.4, -0.2) is 6.61 Å². The fourth-order valence-corrected chi connectivity index (χ4v) is 2.62. The molecule has 0 amide bonds. The lowest BCUT2D eigenvalue weighted by Crippen LogP contribution is -2.04. The van der Waals surface area contributed by atoms with Gasteiger partial charge in [-0.15, -0.1) is 0 Å². The van der Waals surface area contributed by atoms with Crippen molar-refractivity contribution >= 4 is 23.2 Å². The predicted octanol–water partition coefficient (Wildman–Crippen LogP) is 6.24. The Morgan fingerprint density at radius 1 is 1.26 bits per heavy atom. The Balaban J connectivity index is 3.13. The molecular weight excluding hydrogens is 279 g/mol. The summed E-state index contributed by atoms with van der Waals surface area (Å²) >= 11 is 12.4. The van der Waals surface area contributed by atoms with E-state index in [0.717, 1.165) is 30.6 Å². The highest BCUT2D eigenvalue weighted by atomic mass is 35.5. The average Bonchev–Trinajstić information content (AvgIpc) is 2.38. The fraction of sp³-hybridized carbons (Fsp3) is 0.500. The lowest BCUT2D eigenvalue weighted by molar-refractivity contribution is 0.312. The highest BCUT2D eigenvalue weighted by molar-refractivity contribution is 6.35. The minimum absolute atomic E-state index is 0.388. The van der Waals surface area contributed by atoms with E-state index in [1.54, 1.807) is 6.07 Å². The molecule has 0 saturated heterocycles. The number of halogens is 2. The average molecular weight is 301 g/mol. The molecule has 1 aromatic rings. The molecule has 0 saturated carbocycles. The first-order valence-corrected chi connectivity index (χ1v) is 7.62. The number of rotatable bonds is 7. The molecule has 0 aliphatic carbocycles. The van der Waals surface area contributed by atoms with Crippen molar-refractivity contribution in [3.05, 3.63) is 39.9 Å². The first-order chi connectivity index (χ1) is 9.13. The van der Waals surface area contributed by atoms with Gasteiger partial charge in [-0.3, -0.25) is 0 Å². The van der Waals surface area contributed by atoms with Crippen molar-refractivity contribution in [2.75, 3.05) is 6.61 Å². The molecule has 1 unspecified atom stereocenters. The normalized spacial score (nSPS) is 12.9. The van der Waals surface area contributed by atoms with Crippen LogP contribution in [0.15, 0.2) is 24.3 Å². The number of benzene rings is 1. The van der Waals surface area contributed by atoms with E-state index in [4.69, 9.17) is 27.9 Å². The summed E-state index contributed by atoms with van der Waals surface area (Å²) in [7, 11) is 0. The van der Waals surface area contributed by atoms with E-state index in [0.29, 0.717) is 22.6 Å². The monoisotopic (exact) mass is 300 g/mol. The van der Waals surface area contributed by atoms with Gasteiger partial charge in [0.25, 0.3) is 0 Å². The van der Waals surface area contributed by atoms with Crippen molar-refractivity contribution < 1.29 is 4.74 Å². The summed E-state index contributed by atoms with van der Waals surface area (Å²) in [5, 5.41) is 1.28. The molecule has 1 aromatic carbocycles. The second kappa shape index (κ2) is 8.50. The SMILES string of the molecule is C/C=C\CC(CC)c1cc(Cl)cc(Cl)c1OCCC. The third-order valence-corrected chi connectivity index (χ3v) is 3.58. The highest BCUT2D eigenvalue weighted by Gasteiger charge is 2.17. The summed E-state index contributed by atoms with van der Waals surface area (Å²) in [6, 6.07) is 3.73. The van der Waals surface area contributed by atoms with Crippen LogP contribution in [0.1, 0.15) is 51.5 Å². The quantitative estimate of drug-likeness (QED) is 0.541. The van der Waals surface area contributed by atoms with Crippen LogP contribution in [0.3, 0.4) is 0 Å². The molecule has 3 heteroatoms. The van der Waals surface area contributed by atoms with Gasteiger partial charge in [0, 0.05) is 10.6 Å². The van der Waals surface area contributed by atoms with Crippen molar-refractivity contribution in [2.45, 2.75) is 46.0 Å². The molecule has 0 aliphatic heterocycles. The standard InChI is InChI=1S/C16H22Cl2O/c1-4-7-8-12(6-3)14-10-13(17)11-15(18)16(14)19-9-5-2/h4,7,10-12H,5-6,8-9H2,1-3H3/b7-4-. The predicted molar refractivity (Wildman–Crippen MR) is 84.7 cm³/mol. The van der Waals surface area contributed by atoms with Crippen LogP contribution in [0.4, 0.5) is 0 Å². The first kappa shape index (κ1) is 16.4. The topological polar surface area (TPSA) is 9.23 Å². The first-order valence-electron chi connectivity index (χ1n) is 6.86. The minimum Gasteiger partial charge on any atom is -0.492 e. The Kier molecular flexibility index (Phi) is 7.33. The molecule has 0 fully saturated rings. The van der Waals surface area contributed by atoms with Gasteiger partial charge < -0.3 is 4.74 Å². The maximum atomic E-state index is 6.28. The number of hydrogen-bond acceptors (Lipinski definition) is 1. The van der Waals surface area contributed by atoms with E-state index in [-0.39, 0.29) is 0 Å². The van der Waals surface area contributed by atoms with Crippen LogP contribution in [0.25, 0.3) is 0 Å². The molecular formula is C16H22Cl2O. The molecule has 0 radical (unpaired) electrons. The molecule has 1 rings (SSSR count).